The van der Waals surface area contributed by atoms with E-state index in [1.54, 1.807) is 18.7 Å². The topological polar surface area (TPSA) is 61.4 Å². The van der Waals surface area contributed by atoms with Crippen LogP contribution >= 0.6 is 11.8 Å². The first-order valence-electron chi connectivity index (χ1n) is 5.94. The third-order valence-corrected chi connectivity index (χ3v) is 3.12. The van der Waals surface area contributed by atoms with E-state index in [1.807, 2.05) is 30.5 Å². The highest BCUT2D eigenvalue weighted by Crippen LogP contribution is 2.14. The van der Waals surface area contributed by atoms with Gasteiger partial charge in [0.05, 0.1) is 6.10 Å². The Hall–Kier alpha value is -1.04. The largest absolute Gasteiger partial charge is 0.392 e. The molecule has 0 aliphatic heterocycles. The molecule has 0 heterocycles. The van der Waals surface area contributed by atoms with Crippen LogP contribution in [0.4, 0.5) is 0 Å². The van der Waals surface area contributed by atoms with Gasteiger partial charge in [-0.2, -0.15) is 0 Å². The van der Waals surface area contributed by atoms with Crippen molar-refractivity contribution < 1.29 is 9.90 Å². The molecule has 1 atom stereocenters. The average Bonchev–Trinajstić information content (AvgIpc) is 2.38. The minimum Gasteiger partial charge on any atom is -0.392 e. The van der Waals surface area contributed by atoms with Crippen molar-refractivity contribution in [3.05, 3.63) is 29.8 Å². The van der Waals surface area contributed by atoms with Crippen molar-refractivity contribution in [2.75, 3.05) is 25.9 Å². The van der Waals surface area contributed by atoms with Crippen molar-refractivity contribution in [3.63, 3.8) is 0 Å². The lowest BCUT2D eigenvalue weighted by atomic mass is 10.2. The molecule has 1 rings (SSSR count). The highest BCUT2D eigenvalue weighted by atomic mass is 32.2. The summed E-state index contributed by atoms with van der Waals surface area (Å²) < 4.78 is 0. The number of aliphatic hydroxyl groups excluding tert-OH is 1. The Kier molecular flexibility index (Phi) is 6.78. The quantitative estimate of drug-likeness (QED) is 0.512. The maximum Gasteiger partial charge on any atom is 0.251 e. The molecule has 4 nitrogen and oxygen atoms in total. The number of aliphatic hydroxyl groups is 1. The third-order valence-electron chi connectivity index (χ3n) is 2.38. The number of carbonyl (C=O) groups is 1. The molecule has 0 saturated carbocycles. The number of hydrogen-bond acceptors (Lipinski definition) is 4. The van der Waals surface area contributed by atoms with Crippen molar-refractivity contribution in [1.82, 2.24) is 10.6 Å². The highest BCUT2D eigenvalue weighted by Gasteiger charge is 2.04. The van der Waals surface area contributed by atoms with Crippen LogP contribution in [-0.4, -0.2) is 43.0 Å². The molecule has 0 spiro atoms. The minimum absolute atomic E-state index is 0.0681. The monoisotopic (exact) mass is 268 g/mol. The van der Waals surface area contributed by atoms with Crippen molar-refractivity contribution in [3.8, 4) is 0 Å². The Balaban J connectivity index is 2.27. The first-order chi connectivity index (χ1) is 8.63. The smallest absolute Gasteiger partial charge is 0.251 e. The van der Waals surface area contributed by atoms with Gasteiger partial charge in [0, 0.05) is 30.1 Å². The van der Waals surface area contributed by atoms with Crippen LogP contribution in [0.15, 0.2) is 29.2 Å². The fraction of sp³-hybridized carbons (Fsp3) is 0.462. The van der Waals surface area contributed by atoms with E-state index in [2.05, 4.69) is 10.6 Å². The van der Waals surface area contributed by atoms with Gasteiger partial charge in [-0.25, -0.2) is 0 Å². The van der Waals surface area contributed by atoms with Crippen molar-refractivity contribution in [2.24, 2.45) is 0 Å². The molecule has 1 aromatic carbocycles. The second-order valence-corrected chi connectivity index (χ2v) is 4.92. The number of amides is 1. The van der Waals surface area contributed by atoms with Crippen LogP contribution < -0.4 is 10.6 Å². The van der Waals surface area contributed by atoms with Gasteiger partial charge in [-0.05, 0) is 37.4 Å². The Labute approximate surface area is 112 Å². The molecule has 0 radical (unpaired) electrons. The molecule has 1 aromatic rings. The summed E-state index contributed by atoms with van der Waals surface area (Å²) >= 11 is 1.65. The van der Waals surface area contributed by atoms with Crippen LogP contribution in [-0.2, 0) is 0 Å². The molecule has 3 N–H and O–H groups in total. The summed E-state index contributed by atoms with van der Waals surface area (Å²) in [4.78, 5) is 12.9. The average molecular weight is 268 g/mol. The molecule has 0 aromatic heterocycles. The summed E-state index contributed by atoms with van der Waals surface area (Å²) in [7, 11) is 0. The molecule has 0 saturated heterocycles. The minimum atomic E-state index is -0.361. The van der Waals surface area contributed by atoms with Gasteiger partial charge >= 0.3 is 0 Å². The number of rotatable bonds is 7. The summed E-state index contributed by atoms with van der Waals surface area (Å²) in [5.41, 5.74) is 0.670. The highest BCUT2D eigenvalue weighted by molar-refractivity contribution is 7.98. The zero-order valence-electron chi connectivity index (χ0n) is 10.8. The maximum absolute atomic E-state index is 11.7. The number of thioether (sulfide) groups is 1. The molecular weight excluding hydrogens is 248 g/mol. The fourth-order valence-corrected chi connectivity index (χ4v) is 1.83. The molecule has 100 valence electrons. The van der Waals surface area contributed by atoms with E-state index in [0.29, 0.717) is 25.2 Å². The zero-order valence-corrected chi connectivity index (χ0v) is 11.6. The van der Waals surface area contributed by atoms with Gasteiger partial charge in [0.25, 0.3) is 5.91 Å². The molecular formula is C13H20N2O2S. The number of carbonyl (C=O) groups excluding carboxylic acids is 1. The summed E-state index contributed by atoms with van der Waals surface area (Å²) in [5, 5.41) is 14.9. The second kappa shape index (κ2) is 8.13. The molecule has 0 fully saturated rings. The second-order valence-electron chi connectivity index (χ2n) is 4.04. The van der Waals surface area contributed by atoms with E-state index >= 15 is 0 Å². The number of nitrogens with one attached hydrogen (secondary N) is 2. The Morgan fingerprint density at radius 2 is 2.00 bits per heavy atom. The van der Waals surface area contributed by atoms with Crippen LogP contribution in [0.3, 0.4) is 0 Å². The predicted molar refractivity (Wildman–Crippen MR) is 75.1 cm³/mol. The molecule has 5 heteroatoms. The first-order valence-corrected chi connectivity index (χ1v) is 7.17. The summed E-state index contributed by atoms with van der Waals surface area (Å²) in [6.07, 6.45) is 1.64. The Morgan fingerprint density at radius 1 is 1.33 bits per heavy atom. The zero-order chi connectivity index (χ0) is 13.4. The van der Waals surface area contributed by atoms with E-state index in [4.69, 9.17) is 5.11 Å². The number of hydrogen-bond donors (Lipinski definition) is 3. The van der Waals surface area contributed by atoms with Crippen LogP contribution in [0.2, 0.25) is 0 Å². The molecule has 0 aliphatic rings. The van der Waals surface area contributed by atoms with Crippen molar-refractivity contribution >= 4 is 17.7 Å². The van der Waals surface area contributed by atoms with Crippen LogP contribution in [0.1, 0.15) is 17.3 Å². The van der Waals surface area contributed by atoms with E-state index in [-0.39, 0.29) is 12.0 Å². The van der Waals surface area contributed by atoms with Gasteiger partial charge in [-0.1, -0.05) is 0 Å². The van der Waals surface area contributed by atoms with Gasteiger partial charge in [0.2, 0.25) is 0 Å². The van der Waals surface area contributed by atoms with Gasteiger partial charge in [0.1, 0.15) is 0 Å². The van der Waals surface area contributed by atoms with Gasteiger partial charge < -0.3 is 15.7 Å². The lowest BCUT2D eigenvalue weighted by molar-refractivity contribution is 0.0953. The van der Waals surface area contributed by atoms with Crippen LogP contribution in [0, 0.1) is 0 Å². The Morgan fingerprint density at radius 3 is 2.56 bits per heavy atom. The normalized spacial score (nSPS) is 12.2. The van der Waals surface area contributed by atoms with E-state index in [9.17, 15) is 4.79 Å². The predicted octanol–water partition coefficient (Wildman–Crippen LogP) is 1.11. The lowest BCUT2D eigenvalue weighted by Crippen LogP contribution is -2.34. The van der Waals surface area contributed by atoms with E-state index in [0.717, 1.165) is 4.90 Å². The van der Waals surface area contributed by atoms with Gasteiger partial charge in [-0.3, -0.25) is 4.79 Å². The molecule has 0 aliphatic carbocycles. The maximum atomic E-state index is 11.7. The first kappa shape index (κ1) is 15.0. The summed E-state index contributed by atoms with van der Waals surface area (Å²) in [5.74, 6) is -0.0681. The van der Waals surface area contributed by atoms with Crippen LogP contribution in [0.25, 0.3) is 0 Å². The van der Waals surface area contributed by atoms with Gasteiger partial charge in [0.15, 0.2) is 0 Å². The standard InChI is InChI=1S/C13H20N2O2S/c1-10(16)9-14-7-8-15-13(17)11-3-5-12(18-2)6-4-11/h3-6,10,14,16H,7-9H2,1-2H3,(H,15,17). The third kappa shape index (κ3) is 5.53. The molecule has 18 heavy (non-hydrogen) atoms. The van der Waals surface area contributed by atoms with Crippen molar-refractivity contribution in [2.45, 2.75) is 17.9 Å². The molecule has 0 bridgehead atoms. The fourth-order valence-electron chi connectivity index (χ4n) is 1.42. The summed E-state index contributed by atoms with van der Waals surface area (Å²) in [6, 6.07) is 7.52. The van der Waals surface area contributed by atoms with E-state index < -0.39 is 0 Å². The Bertz CT molecular complexity index is 366. The molecule has 1 unspecified atom stereocenters. The van der Waals surface area contributed by atoms with Crippen LogP contribution in [0.5, 0.6) is 0 Å². The summed E-state index contributed by atoms with van der Waals surface area (Å²) in [6.45, 7) is 3.46. The van der Waals surface area contributed by atoms with E-state index in [1.165, 1.54) is 0 Å². The van der Waals surface area contributed by atoms with Gasteiger partial charge in [-0.15, -0.1) is 11.8 Å². The number of benzene rings is 1. The SMILES string of the molecule is CSc1ccc(C(=O)NCCNCC(C)O)cc1. The lowest BCUT2D eigenvalue weighted by Gasteiger charge is -2.08. The van der Waals surface area contributed by atoms with Crippen molar-refractivity contribution in [1.29, 1.82) is 0 Å². The molecule has 1 amide bonds.